The highest BCUT2D eigenvalue weighted by Crippen LogP contribution is 2.45. The van der Waals surface area contributed by atoms with Gasteiger partial charge in [0.15, 0.2) is 12.2 Å². The molecule has 0 heterocycles. The number of ether oxygens (including phenoxy) is 4. The minimum Gasteiger partial charge on any atom is -0.462 e. The van der Waals surface area contributed by atoms with Crippen molar-refractivity contribution in [3.63, 3.8) is 0 Å². The van der Waals surface area contributed by atoms with Crippen molar-refractivity contribution in [2.75, 3.05) is 39.6 Å². The van der Waals surface area contributed by atoms with Crippen molar-refractivity contribution in [2.24, 2.45) is 11.8 Å². The molecule has 3 N–H and O–H groups in total. The van der Waals surface area contributed by atoms with E-state index in [1.165, 1.54) is 205 Å². The molecule has 596 valence electrons. The van der Waals surface area contributed by atoms with E-state index in [0.717, 1.165) is 121 Å². The quantitative estimate of drug-likeness (QED) is 0.0169. The summed E-state index contributed by atoms with van der Waals surface area (Å²) in [6, 6.07) is 0. The number of phosphoric acid groups is 2. The SMILES string of the molecule is CCCCCC/C=C\C=C/CCCCCCCC(=O)O[C@H](COC(=O)CCCCCCCCC(C)CC)COP(=O)(O)OC[C@H](O)COP(=O)(O)OC[C@@H](COC(=O)CCCCCCCCCCCCCCCCC(C)C)OC(=O)CCCCCCCCCCCCCCCCCCCCC. The molecule has 0 saturated carbocycles. The zero-order valence-corrected chi connectivity index (χ0v) is 67.5. The number of allylic oxidation sites excluding steroid dienone is 4. The summed E-state index contributed by atoms with van der Waals surface area (Å²) >= 11 is 0. The first kappa shape index (κ1) is 98.5. The van der Waals surface area contributed by atoms with E-state index in [-0.39, 0.29) is 25.7 Å². The van der Waals surface area contributed by atoms with Gasteiger partial charge >= 0.3 is 39.5 Å². The van der Waals surface area contributed by atoms with E-state index in [0.29, 0.717) is 25.7 Å². The van der Waals surface area contributed by atoms with E-state index in [2.05, 4.69) is 65.8 Å². The van der Waals surface area contributed by atoms with Crippen molar-refractivity contribution in [3.05, 3.63) is 24.3 Å². The average Bonchev–Trinajstić information content (AvgIpc) is 1.01. The maximum atomic E-state index is 13.1. The number of aliphatic hydroxyl groups excluding tert-OH is 1. The standard InChI is InChI=1S/C82H156O17P2/c1-7-10-12-14-16-18-20-22-24-25-26-27-29-35-39-43-47-55-61-66-81(86)98-77(70-92-79(84)64-58-52-45-41-37-33-31-30-32-36-40-44-50-56-62-74(4)5)72-96-100(88,89)94-68-76(83)69-95-101(90,91)97-73-78(71-93-80(85)65-59-53-49-48-51-57-63-75(6)9-3)99-82(87)67-60-54-46-42-38-34-28-23-21-19-17-15-13-11-8-2/h19,21,23,28,74-78,83H,7-18,20,22,24-27,29-73H2,1-6H3,(H,88,89)(H,90,91)/b21-19-,28-23-/t75?,76-,77-,78-/m1/s1. The Morgan fingerprint density at radius 1 is 0.327 bits per heavy atom. The molecule has 6 atom stereocenters. The first-order valence-electron chi connectivity index (χ1n) is 41.8. The Morgan fingerprint density at radius 3 is 0.891 bits per heavy atom. The van der Waals surface area contributed by atoms with E-state index >= 15 is 0 Å². The predicted molar refractivity (Wildman–Crippen MR) is 414 cm³/mol. The second-order valence-corrected chi connectivity index (χ2v) is 32.5. The van der Waals surface area contributed by atoms with Crippen LogP contribution in [0.1, 0.15) is 408 Å². The minimum atomic E-state index is -4.97. The summed E-state index contributed by atoms with van der Waals surface area (Å²) in [6.07, 6.45) is 66.1. The third kappa shape index (κ3) is 74.2. The van der Waals surface area contributed by atoms with Crippen molar-refractivity contribution in [1.29, 1.82) is 0 Å². The van der Waals surface area contributed by atoms with Gasteiger partial charge in [-0.2, -0.15) is 0 Å². The topological polar surface area (TPSA) is 237 Å². The highest BCUT2D eigenvalue weighted by molar-refractivity contribution is 7.47. The number of aliphatic hydroxyl groups is 1. The van der Waals surface area contributed by atoms with Crippen LogP contribution < -0.4 is 0 Å². The highest BCUT2D eigenvalue weighted by Gasteiger charge is 2.30. The second-order valence-electron chi connectivity index (χ2n) is 29.5. The van der Waals surface area contributed by atoms with E-state index < -0.39 is 97.5 Å². The molecular formula is C82H156O17P2. The first-order valence-corrected chi connectivity index (χ1v) is 44.8. The summed E-state index contributed by atoms with van der Waals surface area (Å²) in [4.78, 5) is 73.0. The van der Waals surface area contributed by atoms with Crippen molar-refractivity contribution >= 4 is 39.5 Å². The molecule has 0 aromatic rings. The van der Waals surface area contributed by atoms with Crippen molar-refractivity contribution in [1.82, 2.24) is 0 Å². The molecule has 0 rings (SSSR count). The number of carbonyl (C=O) groups excluding carboxylic acids is 4. The van der Waals surface area contributed by atoms with Crippen LogP contribution >= 0.6 is 15.6 Å². The van der Waals surface area contributed by atoms with E-state index in [4.69, 9.17) is 37.0 Å². The van der Waals surface area contributed by atoms with Crippen LogP contribution in [0.25, 0.3) is 0 Å². The minimum absolute atomic E-state index is 0.0843. The summed E-state index contributed by atoms with van der Waals surface area (Å²) in [6.45, 7) is 9.55. The number of unbranched alkanes of at least 4 members (excludes halogenated alkanes) is 45. The second kappa shape index (κ2) is 73.1. The number of hydrogen-bond acceptors (Lipinski definition) is 15. The molecule has 3 unspecified atom stereocenters. The largest absolute Gasteiger partial charge is 0.472 e. The molecule has 19 heteroatoms. The van der Waals surface area contributed by atoms with Crippen molar-refractivity contribution in [2.45, 2.75) is 426 Å². The lowest BCUT2D eigenvalue weighted by Crippen LogP contribution is -2.30. The number of rotatable bonds is 79. The van der Waals surface area contributed by atoms with Gasteiger partial charge in [-0.1, -0.05) is 355 Å². The normalized spacial score (nSPS) is 14.3. The maximum absolute atomic E-state index is 13.1. The Hall–Kier alpha value is -2.46. The van der Waals surface area contributed by atoms with Crippen LogP contribution in [0.4, 0.5) is 0 Å². The molecule has 0 aromatic carbocycles. The van der Waals surface area contributed by atoms with Gasteiger partial charge in [-0.25, -0.2) is 9.13 Å². The molecule has 0 amide bonds. The van der Waals surface area contributed by atoms with Gasteiger partial charge in [0.1, 0.15) is 19.3 Å². The fourth-order valence-electron chi connectivity index (χ4n) is 12.1. The molecule has 0 bridgehead atoms. The molecule has 0 aliphatic carbocycles. The van der Waals surface area contributed by atoms with E-state index in [1.54, 1.807) is 0 Å². The Balaban J connectivity index is 5.27. The lowest BCUT2D eigenvalue weighted by atomic mass is 10.00. The summed E-state index contributed by atoms with van der Waals surface area (Å²) in [5, 5.41) is 10.6. The van der Waals surface area contributed by atoms with Crippen LogP contribution in [0.2, 0.25) is 0 Å². The number of phosphoric ester groups is 2. The lowest BCUT2D eigenvalue weighted by molar-refractivity contribution is -0.161. The fourth-order valence-corrected chi connectivity index (χ4v) is 13.7. The molecule has 0 saturated heterocycles. The lowest BCUT2D eigenvalue weighted by Gasteiger charge is -2.21. The van der Waals surface area contributed by atoms with Gasteiger partial charge in [0.2, 0.25) is 0 Å². The van der Waals surface area contributed by atoms with Gasteiger partial charge in [0.25, 0.3) is 0 Å². The maximum Gasteiger partial charge on any atom is 0.472 e. The number of hydrogen-bond donors (Lipinski definition) is 3. The monoisotopic (exact) mass is 1480 g/mol. The summed E-state index contributed by atoms with van der Waals surface area (Å²) in [5.74, 6) is -0.614. The molecule has 0 aromatic heterocycles. The van der Waals surface area contributed by atoms with Crippen LogP contribution in [0.15, 0.2) is 24.3 Å². The fraction of sp³-hybridized carbons (Fsp3) is 0.902. The predicted octanol–water partition coefficient (Wildman–Crippen LogP) is 24.2. The van der Waals surface area contributed by atoms with Crippen LogP contribution in [-0.4, -0.2) is 96.7 Å². The molecule has 0 spiro atoms. The number of carbonyl (C=O) groups is 4. The molecule has 0 fully saturated rings. The van der Waals surface area contributed by atoms with Crippen LogP contribution in [0.5, 0.6) is 0 Å². The molecular weight excluding hydrogens is 1320 g/mol. The van der Waals surface area contributed by atoms with Gasteiger partial charge in [0.05, 0.1) is 26.4 Å². The van der Waals surface area contributed by atoms with Gasteiger partial charge < -0.3 is 33.8 Å². The average molecular weight is 1480 g/mol. The van der Waals surface area contributed by atoms with Crippen LogP contribution in [-0.2, 0) is 65.4 Å². The number of esters is 4. The highest BCUT2D eigenvalue weighted by atomic mass is 31.2. The Kier molecular flexibility index (Phi) is 71.3. The zero-order valence-electron chi connectivity index (χ0n) is 65.7. The van der Waals surface area contributed by atoms with Crippen molar-refractivity contribution < 1.29 is 80.2 Å². The van der Waals surface area contributed by atoms with Crippen LogP contribution in [0, 0.1) is 11.8 Å². The van der Waals surface area contributed by atoms with Gasteiger partial charge in [-0.15, -0.1) is 0 Å². The molecule has 101 heavy (non-hydrogen) atoms. The Labute approximate surface area is 618 Å². The first-order chi connectivity index (χ1) is 48.9. The van der Waals surface area contributed by atoms with Crippen LogP contribution in [0.3, 0.4) is 0 Å². The molecule has 17 nitrogen and oxygen atoms in total. The summed E-state index contributed by atoms with van der Waals surface area (Å²) < 4.78 is 68.7. The van der Waals surface area contributed by atoms with E-state index in [9.17, 15) is 43.2 Å². The third-order valence-electron chi connectivity index (χ3n) is 18.9. The summed E-state index contributed by atoms with van der Waals surface area (Å²) in [7, 11) is -9.93. The molecule has 0 aliphatic heterocycles. The van der Waals surface area contributed by atoms with Gasteiger partial charge in [-0.3, -0.25) is 37.3 Å². The van der Waals surface area contributed by atoms with Gasteiger partial charge in [0, 0.05) is 25.7 Å². The van der Waals surface area contributed by atoms with E-state index in [1.807, 2.05) is 0 Å². The molecule has 0 aliphatic rings. The Bertz CT molecular complexity index is 2040. The van der Waals surface area contributed by atoms with Gasteiger partial charge in [-0.05, 0) is 63.2 Å². The Morgan fingerprint density at radius 2 is 0.584 bits per heavy atom. The summed E-state index contributed by atoms with van der Waals surface area (Å²) in [5.41, 5.74) is 0. The molecule has 0 radical (unpaired) electrons. The zero-order chi connectivity index (χ0) is 74.2. The third-order valence-corrected chi connectivity index (χ3v) is 20.8. The smallest absolute Gasteiger partial charge is 0.462 e. The van der Waals surface area contributed by atoms with Crippen molar-refractivity contribution in [3.8, 4) is 0 Å².